The Morgan fingerprint density at radius 1 is 1.23 bits per heavy atom. The van der Waals surface area contributed by atoms with Crippen LogP contribution in [-0.2, 0) is 0 Å². The normalized spacial score (nSPS) is 11.5. The molecule has 0 N–H and O–H groups in total. The Morgan fingerprint density at radius 3 is 2.23 bits per heavy atom. The molecule has 0 aliphatic rings. The molecule has 1 heteroatoms. The smallest absolute Gasteiger partial charge is 0.00517 e. The van der Waals surface area contributed by atoms with Gasteiger partial charge < -0.3 is 0 Å². The van der Waals surface area contributed by atoms with Crippen molar-refractivity contribution in [1.82, 2.24) is 0 Å². The average Bonchev–Trinajstić information content (AvgIpc) is 1.99. The van der Waals surface area contributed by atoms with Gasteiger partial charge in [-0.15, -0.1) is 18.3 Å². The molecule has 0 saturated carbocycles. The number of hydrogen-bond acceptors (Lipinski definition) is 1. The molecule has 0 aromatic rings. The van der Waals surface area contributed by atoms with E-state index in [2.05, 4.69) is 33.1 Å². The van der Waals surface area contributed by atoms with Crippen molar-refractivity contribution in [2.45, 2.75) is 33.6 Å². The first kappa shape index (κ1) is 12.6. The van der Waals surface area contributed by atoms with Gasteiger partial charge in [0, 0.05) is 0 Å². The van der Waals surface area contributed by atoms with Gasteiger partial charge in [0.05, 0.1) is 0 Å². The fourth-order valence-corrected chi connectivity index (χ4v) is 1.88. The van der Waals surface area contributed by atoms with Gasteiger partial charge in [-0.3, -0.25) is 0 Å². The minimum atomic E-state index is 1.09. The zero-order valence-corrected chi connectivity index (χ0v) is 9.84. The number of hydrogen-bond donors (Lipinski definition) is 0. The van der Waals surface area contributed by atoms with E-state index < -0.39 is 0 Å². The van der Waals surface area contributed by atoms with Crippen molar-refractivity contribution in [3.05, 3.63) is 35.3 Å². The molecular weight excluding hydrogens is 176 g/mol. The summed E-state index contributed by atoms with van der Waals surface area (Å²) in [5.41, 5.74) is 2.39. The largest absolute Gasteiger partial charge is 0.131 e. The standard InChI is InChI=1S/C12H20S/c1-6-13-12(9-11(4)5)8-7-10(2)3/h9H,2,4,6-8H2,1,3,5H3/b12-9-. The van der Waals surface area contributed by atoms with E-state index >= 15 is 0 Å². The Labute approximate surface area is 86.8 Å². The van der Waals surface area contributed by atoms with E-state index in [1.807, 2.05) is 18.7 Å². The Bertz CT molecular complexity index is 211. The number of rotatable bonds is 6. The van der Waals surface area contributed by atoms with E-state index in [1.165, 1.54) is 10.5 Å². The fraction of sp³-hybridized carbons (Fsp3) is 0.500. The van der Waals surface area contributed by atoms with Crippen LogP contribution in [0, 0.1) is 0 Å². The van der Waals surface area contributed by atoms with Crippen LogP contribution in [0.25, 0.3) is 0 Å². The van der Waals surface area contributed by atoms with Crippen LogP contribution in [0.1, 0.15) is 33.6 Å². The molecule has 0 unspecified atom stereocenters. The van der Waals surface area contributed by atoms with Crippen LogP contribution in [0.5, 0.6) is 0 Å². The Kier molecular flexibility index (Phi) is 6.79. The van der Waals surface area contributed by atoms with Gasteiger partial charge in [0.1, 0.15) is 0 Å². The van der Waals surface area contributed by atoms with E-state index in [0.29, 0.717) is 0 Å². The van der Waals surface area contributed by atoms with Crippen molar-refractivity contribution in [3.63, 3.8) is 0 Å². The fourth-order valence-electron chi connectivity index (χ4n) is 0.983. The molecule has 0 aliphatic heterocycles. The summed E-state index contributed by atoms with van der Waals surface area (Å²) in [5.74, 6) is 1.13. The minimum Gasteiger partial charge on any atom is -0.131 e. The van der Waals surface area contributed by atoms with Crippen molar-refractivity contribution >= 4 is 11.8 Å². The second kappa shape index (κ2) is 7.02. The maximum absolute atomic E-state index is 3.91. The molecule has 0 saturated heterocycles. The lowest BCUT2D eigenvalue weighted by Gasteiger charge is -2.05. The van der Waals surface area contributed by atoms with Gasteiger partial charge in [-0.2, -0.15) is 0 Å². The molecule has 0 rings (SSSR count). The molecule has 74 valence electrons. The maximum Gasteiger partial charge on any atom is -0.00517 e. The predicted octanol–water partition coefficient (Wildman–Crippen LogP) is 4.56. The predicted molar refractivity (Wildman–Crippen MR) is 65.1 cm³/mol. The van der Waals surface area contributed by atoms with Gasteiger partial charge in [-0.05, 0) is 37.3 Å². The Morgan fingerprint density at radius 2 is 1.85 bits per heavy atom. The lowest BCUT2D eigenvalue weighted by molar-refractivity contribution is 0.970. The van der Waals surface area contributed by atoms with E-state index in [-0.39, 0.29) is 0 Å². The minimum absolute atomic E-state index is 1.09. The van der Waals surface area contributed by atoms with Crippen LogP contribution in [0.2, 0.25) is 0 Å². The number of allylic oxidation sites excluding steroid dienone is 4. The molecule has 0 aromatic heterocycles. The third-order valence-corrected chi connectivity index (χ3v) is 2.52. The van der Waals surface area contributed by atoms with Crippen molar-refractivity contribution in [1.29, 1.82) is 0 Å². The first-order valence-electron chi connectivity index (χ1n) is 4.69. The van der Waals surface area contributed by atoms with Gasteiger partial charge in [-0.1, -0.05) is 30.7 Å². The second-order valence-corrected chi connectivity index (χ2v) is 4.74. The van der Waals surface area contributed by atoms with Crippen LogP contribution >= 0.6 is 11.8 Å². The van der Waals surface area contributed by atoms with Crippen molar-refractivity contribution in [3.8, 4) is 0 Å². The summed E-state index contributed by atoms with van der Waals surface area (Å²) in [5, 5.41) is 0. The van der Waals surface area contributed by atoms with Gasteiger partial charge in [0.15, 0.2) is 0 Å². The summed E-state index contributed by atoms with van der Waals surface area (Å²) in [6.07, 6.45) is 4.38. The van der Waals surface area contributed by atoms with E-state index in [1.54, 1.807) is 0 Å². The highest BCUT2D eigenvalue weighted by molar-refractivity contribution is 8.03. The molecule has 0 bridgehead atoms. The molecule has 0 radical (unpaired) electrons. The van der Waals surface area contributed by atoms with E-state index in [4.69, 9.17) is 0 Å². The first-order valence-corrected chi connectivity index (χ1v) is 5.68. The maximum atomic E-state index is 3.91. The topological polar surface area (TPSA) is 0 Å². The zero-order chi connectivity index (χ0) is 10.3. The molecule has 0 aliphatic carbocycles. The summed E-state index contributed by atoms with van der Waals surface area (Å²) in [6, 6.07) is 0. The third-order valence-electron chi connectivity index (χ3n) is 1.54. The van der Waals surface area contributed by atoms with Gasteiger partial charge in [0.25, 0.3) is 0 Å². The zero-order valence-electron chi connectivity index (χ0n) is 9.02. The second-order valence-electron chi connectivity index (χ2n) is 3.35. The van der Waals surface area contributed by atoms with Crippen LogP contribution in [-0.4, -0.2) is 5.75 Å². The Hall–Kier alpha value is -0.430. The molecule has 0 heterocycles. The first-order chi connectivity index (χ1) is 6.06. The summed E-state index contributed by atoms with van der Waals surface area (Å²) < 4.78 is 0. The lowest BCUT2D eigenvalue weighted by atomic mass is 10.1. The molecule has 0 fully saturated rings. The van der Waals surface area contributed by atoms with Crippen LogP contribution in [0.15, 0.2) is 35.3 Å². The van der Waals surface area contributed by atoms with Crippen LogP contribution in [0.4, 0.5) is 0 Å². The highest BCUT2D eigenvalue weighted by atomic mass is 32.2. The third kappa shape index (κ3) is 7.92. The monoisotopic (exact) mass is 196 g/mol. The highest BCUT2D eigenvalue weighted by Gasteiger charge is 1.97. The molecule has 0 atom stereocenters. The van der Waals surface area contributed by atoms with E-state index in [0.717, 1.165) is 24.2 Å². The quantitative estimate of drug-likeness (QED) is 0.443. The average molecular weight is 196 g/mol. The van der Waals surface area contributed by atoms with Gasteiger partial charge >= 0.3 is 0 Å². The molecule has 0 nitrogen and oxygen atoms in total. The van der Waals surface area contributed by atoms with E-state index in [9.17, 15) is 0 Å². The lowest BCUT2D eigenvalue weighted by Crippen LogP contribution is -1.82. The van der Waals surface area contributed by atoms with Gasteiger partial charge in [0.2, 0.25) is 0 Å². The summed E-state index contributed by atoms with van der Waals surface area (Å²) in [7, 11) is 0. The SMILES string of the molecule is C=C(C)/C=C(/CCC(=C)C)SCC. The highest BCUT2D eigenvalue weighted by Crippen LogP contribution is 2.23. The number of thioether (sulfide) groups is 1. The molecule has 0 aromatic carbocycles. The Balaban J connectivity index is 4.09. The summed E-state index contributed by atoms with van der Waals surface area (Å²) in [6.45, 7) is 14.1. The van der Waals surface area contributed by atoms with Crippen molar-refractivity contribution in [2.75, 3.05) is 5.75 Å². The molecule has 0 spiro atoms. The van der Waals surface area contributed by atoms with Crippen molar-refractivity contribution < 1.29 is 0 Å². The van der Waals surface area contributed by atoms with Crippen LogP contribution in [0.3, 0.4) is 0 Å². The van der Waals surface area contributed by atoms with Gasteiger partial charge in [-0.25, -0.2) is 0 Å². The summed E-state index contributed by atoms with van der Waals surface area (Å²) in [4.78, 5) is 1.43. The van der Waals surface area contributed by atoms with Crippen molar-refractivity contribution in [2.24, 2.45) is 0 Å². The summed E-state index contributed by atoms with van der Waals surface area (Å²) >= 11 is 1.91. The molecule has 0 amide bonds. The van der Waals surface area contributed by atoms with Crippen LogP contribution < -0.4 is 0 Å². The molecule has 13 heavy (non-hydrogen) atoms. The molecular formula is C12H20S.